The van der Waals surface area contributed by atoms with Gasteiger partial charge in [0.25, 0.3) is 0 Å². The molecule has 1 amide bonds. The lowest BCUT2D eigenvalue weighted by molar-refractivity contribution is -0.143. The Morgan fingerprint density at radius 2 is 0.714 bits per heavy atom. The van der Waals surface area contributed by atoms with E-state index in [1.54, 1.807) is 6.08 Å². The van der Waals surface area contributed by atoms with E-state index in [1.807, 2.05) is 6.08 Å². The highest BCUT2D eigenvalue weighted by atomic mass is 16.5. The second-order valence-corrected chi connectivity index (χ2v) is 21.4. The third-order valence-corrected chi connectivity index (χ3v) is 14.4. The van der Waals surface area contributed by atoms with Crippen molar-refractivity contribution in [3.63, 3.8) is 0 Å². The maximum atomic E-state index is 12.5. The number of ether oxygens (including phenoxy) is 1. The summed E-state index contributed by atoms with van der Waals surface area (Å²) in [6.45, 7) is 4.88. The lowest BCUT2D eigenvalue weighted by Gasteiger charge is -2.20. The molecule has 0 aromatic carbocycles. The molecular formula is C64H121NO5. The zero-order chi connectivity index (χ0) is 50.7. The van der Waals surface area contributed by atoms with E-state index in [9.17, 15) is 19.8 Å². The van der Waals surface area contributed by atoms with Gasteiger partial charge in [-0.3, -0.25) is 9.59 Å². The third-order valence-electron chi connectivity index (χ3n) is 14.4. The topological polar surface area (TPSA) is 95.9 Å². The van der Waals surface area contributed by atoms with Crippen molar-refractivity contribution in [3.05, 3.63) is 36.5 Å². The van der Waals surface area contributed by atoms with Crippen molar-refractivity contribution in [1.29, 1.82) is 0 Å². The van der Waals surface area contributed by atoms with Gasteiger partial charge in [0.1, 0.15) is 0 Å². The average Bonchev–Trinajstić information content (AvgIpc) is 3.36. The number of esters is 1. The Morgan fingerprint density at radius 1 is 0.400 bits per heavy atom. The number of aliphatic hydroxyl groups is 2. The lowest BCUT2D eigenvalue weighted by atomic mass is 10.0. The summed E-state index contributed by atoms with van der Waals surface area (Å²) < 4.78 is 5.48. The highest BCUT2D eigenvalue weighted by Crippen LogP contribution is 2.17. The molecule has 6 heteroatoms. The van der Waals surface area contributed by atoms with E-state index in [-0.39, 0.29) is 18.5 Å². The molecule has 0 fully saturated rings. The van der Waals surface area contributed by atoms with E-state index in [1.165, 1.54) is 257 Å². The van der Waals surface area contributed by atoms with Crippen LogP contribution in [0.1, 0.15) is 335 Å². The summed E-state index contributed by atoms with van der Waals surface area (Å²) in [6, 6.07) is -0.627. The molecule has 0 spiro atoms. The number of carbonyl (C=O) groups excluding carboxylic acids is 2. The number of allylic oxidation sites excluding steroid dienone is 5. The zero-order valence-electron chi connectivity index (χ0n) is 47.0. The van der Waals surface area contributed by atoms with Gasteiger partial charge in [0.15, 0.2) is 0 Å². The molecular weight excluding hydrogens is 863 g/mol. The minimum atomic E-state index is -0.843. The number of amides is 1. The molecule has 70 heavy (non-hydrogen) atoms. The molecule has 0 aliphatic heterocycles. The Bertz CT molecular complexity index is 1130. The largest absolute Gasteiger partial charge is 0.466 e. The highest BCUT2D eigenvalue weighted by Gasteiger charge is 2.18. The van der Waals surface area contributed by atoms with Gasteiger partial charge in [-0.15, -0.1) is 0 Å². The zero-order valence-corrected chi connectivity index (χ0v) is 47.0. The third kappa shape index (κ3) is 55.4. The molecule has 6 nitrogen and oxygen atoms in total. The minimum Gasteiger partial charge on any atom is -0.466 e. The van der Waals surface area contributed by atoms with E-state index >= 15 is 0 Å². The van der Waals surface area contributed by atoms with Crippen LogP contribution in [0.25, 0.3) is 0 Å². The smallest absolute Gasteiger partial charge is 0.305 e. The number of rotatable bonds is 58. The first-order valence-corrected chi connectivity index (χ1v) is 31.3. The van der Waals surface area contributed by atoms with Gasteiger partial charge in [-0.05, 0) is 64.2 Å². The molecule has 0 bridgehead atoms. The predicted octanol–water partition coefficient (Wildman–Crippen LogP) is 19.6. The first-order chi connectivity index (χ1) is 34.5. The monoisotopic (exact) mass is 984 g/mol. The molecule has 0 aliphatic rings. The average molecular weight is 985 g/mol. The second kappa shape index (κ2) is 59.6. The Labute approximate surface area is 436 Å². The maximum Gasteiger partial charge on any atom is 0.305 e. The van der Waals surface area contributed by atoms with Crippen molar-refractivity contribution in [2.24, 2.45) is 0 Å². The summed E-state index contributed by atoms with van der Waals surface area (Å²) in [6.07, 6.45) is 74.7. The van der Waals surface area contributed by atoms with E-state index in [0.29, 0.717) is 19.4 Å². The van der Waals surface area contributed by atoms with Crippen LogP contribution in [0.4, 0.5) is 0 Å². The van der Waals surface area contributed by atoms with Crippen LogP contribution < -0.4 is 5.32 Å². The van der Waals surface area contributed by atoms with E-state index in [0.717, 1.165) is 51.4 Å². The van der Waals surface area contributed by atoms with Gasteiger partial charge in [-0.1, -0.05) is 294 Å². The summed E-state index contributed by atoms with van der Waals surface area (Å²) >= 11 is 0. The molecule has 0 aliphatic carbocycles. The van der Waals surface area contributed by atoms with Gasteiger partial charge in [-0.2, -0.15) is 0 Å². The fraction of sp³-hybridized carbons (Fsp3) is 0.875. The van der Waals surface area contributed by atoms with Crippen molar-refractivity contribution in [3.8, 4) is 0 Å². The Morgan fingerprint density at radius 3 is 1.11 bits per heavy atom. The maximum absolute atomic E-state index is 12.5. The molecule has 412 valence electrons. The molecule has 0 heterocycles. The number of hydrogen-bond acceptors (Lipinski definition) is 5. The van der Waals surface area contributed by atoms with Crippen molar-refractivity contribution in [2.75, 3.05) is 13.2 Å². The molecule has 2 unspecified atom stereocenters. The number of unbranched alkanes of at least 4 members (excludes halogenated alkanes) is 43. The van der Waals surface area contributed by atoms with Crippen molar-refractivity contribution in [2.45, 2.75) is 347 Å². The SMILES string of the molecule is CCCCC/C=C\C/C=C\CCCCCCCC(=O)OCCCCCCCCCCCCCCCCCCCCCCCCCCC(=O)NC(CO)C(O)/C=C/CCCCCCCCCCCCCC. The van der Waals surface area contributed by atoms with Gasteiger partial charge in [0.2, 0.25) is 5.91 Å². The Kier molecular flexibility index (Phi) is 58.0. The highest BCUT2D eigenvalue weighted by molar-refractivity contribution is 5.76. The fourth-order valence-electron chi connectivity index (χ4n) is 9.61. The number of nitrogens with one attached hydrogen (secondary N) is 1. The summed E-state index contributed by atoms with van der Waals surface area (Å²) in [5, 5.41) is 23.1. The Balaban J connectivity index is 3.38. The number of aliphatic hydroxyl groups excluding tert-OH is 2. The summed E-state index contributed by atoms with van der Waals surface area (Å²) in [7, 11) is 0. The van der Waals surface area contributed by atoms with E-state index < -0.39 is 12.1 Å². The van der Waals surface area contributed by atoms with Crippen LogP contribution in [0.5, 0.6) is 0 Å². The standard InChI is InChI=1S/C64H121NO5/c1-3-5-7-9-11-13-15-17-29-34-38-42-46-50-54-58-64(69)70-59-55-51-47-43-39-35-31-28-26-24-22-20-19-21-23-25-27-30-33-37-41-45-49-53-57-63(68)65-61(60-66)62(67)56-52-48-44-40-36-32-18-16-14-12-10-8-6-4-2/h11,13,17,29,52,56,61-62,66-67H,3-10,12,14-16,18-28,30-51,53-55,57-60H2,1-2H3,(H,65,68)/b13-11-,29-17-,56-52+. The second-order valence-electron chi connectivity index (χ2n) is 21.4. The quantitative estimate of drug-likeness (QED) is 0.0321. The summed E-state index contributed by atoms with van der Waals surface area (Å²) in [5.41, 5.74) is 0. The Hall–Kier alpha value is -1.92. The molecule has 0 rings (SSSR count). The van der Waals surface area contributed by atoms with Gasteiger partial charge in [-0.25, -0.2) is 0 Å². The van der Waals surface area contributed by atoms with Gasteiger partial charge >= 0.3 is 5.97 Å². The molecule has 0 radical (unpaired) electrons. The van der Waals surface area contributed by atoms with Crippen molar-refractivity contribution in [1.82, 2.24) is 5.32 Å². The van der Waals surface area contributed by atoms with Crippen molar-refractivity contribution >= 4 is 11.9 Å². The van der Waals surface area contributed by atoms with Crippen molar-refractivity contribution < 1.29 is 24.5 Å². The predicted molar refractivity (Wildman–Crippen MR) is 306 cm³/mol. The van der Waals surface area contributed by atoms with Crippen LogP contribution >= 0.6 is 0 Å². The molecule has 0 aromatic rings. The van der Waals surface area contributed by atoms with Crippen LogP contribution in [-0.4, -0.2) is 47.4 Å². The van der Waals surface area contributed by atoms with Gasteiger partial charge < -0.3 is 20.3 Å². The molecule has 0 aromatic heterocycles. The van der Waals surface area contributed by atoms with Crippen LogP contribution in [0.2, 0.25) is 0 Å². The summed E-state index contributed by atoms with van der Waals surface area (Å²) in [4.78, 5) is 24.5. The van der Waals surface area contributed by atoms with Gasteiger partial charge in [0.05, 0.1) is 25.4 Å². The minimum absolute atomic E-state index is 0.000918. The number of carbonyl (C=O) groups is 2. The van der Waals surface area contributed by atoms with Crippen LogP contribution in [0.15, 0.2) is 36.5 Å². The molecule has 0 saturated heterocycles. The lowest BCUT2D eigenvalue weighted by Crippen LogP contribution is -2.45. The number of hydrogen-bond donors (Lipinski definition) is 3. The molecule has 3 N–H and O–H groups in total. The normalized spacial score (nSPS) is 12.8. The fourth-order valence-corrected chi connectivity index (χ4v) is 9.61. The first-order valence-electron chi connectivity index (χ1n) is 31.3. The van der Waals surface area contributed by atoms with Crippen LogP contribution in [-0.2, 0) is 14.3 Å². The summed E-state index contributed by atoms with van der Waals surface area (Å²) in [5.74, 6) is -0.0652. The van der Waals surface area contributed by atoms with E-state index in [2.05, 4.69) is 43.5 Å². The molecule has 0 saturated carbocycles. The molecule has 2 atom stereocenters. The van der Waals surface area contributed by atoms with E-state index in [4.69, 9.17) is 4.74 Å². The van der Waals surface area contributed by atoms with Gasteiger partial charge in [0, 0.05) is 12.8 Å². The first kappa shape index (κ1) is 68.1. The van der Waals surface area contributed by atoms with Crippen LogP contribution in [0, 0.1) is 0 Å². The van der Waals surface area contributed by atoms with Crippen LogP contribution in [0.3, 0.4) is 0 Å².